The standard InChI is InChI=1S/C40H23NOS/c1-23-11-2-3-13-25(23)36-28-16-4-5-17-29(28)37(30-18-10-12-24(22-41)35(30)36)38-39-31(26-14-6-8-19-33(26)42-39)21-32-27-15-7-9-20-34(27)43-40(32)38/h2-21H,1H3. The third-order valence-electron chi connectivity index (χ3n) is 8.84. The molecule has 2 heterocycles. The Morgan fingerprint density at radius 2 is 1.26 bits per heavy atom. The summed E-state index contributed by atoms with van der Waals surface area (Å²) in [5.74, 6) is 0. The number of furan rings is 1. The molecule has 200 valence electrons. The number of benzene rings is 7. The number of nitriles is 1. The second kappa shape index (κ2) is 9.03. The number of aryl methyl sites for hydroxylation is 1. The third-order valence-corrected chi connectivity index (χ3v) is 10.0. The zero-order valence-electron chi connectivity index (χ0n) is 23.3. The molecule has 0 saturated carbocycles. The maximum atomic E-state index is 10.5. The van der Waals surface area contributed by atoms with Gasteiger partial charge in [0.15, 0.2) is 0 Å². The molecule has 0 saturated heterocycles. The summed E-state index contributed by atoms with van der Waals surface area (Å²) in [6.07, 6.45) is 0. The van der Waals surface area contributed by atoms with Crippen molar-refractivity contribution in [3.8, 4) is 28.3 Å². The molecule has 0 aliphatic heterocycles. The zero-order chi connectivity index (χ0) is 28.7. The topological polar surface area (TPSA) is 36.9 Å². The zero-order valence-corrected chi connectivity index (χ0v) is 24.1. The van der Waals surface area contributed by atoms with Crippen LogP contribution >= 0.6 is 11.3 Å². The first-order chi connectivity index (χ1) is 21.2. The van der Waals surface area contributed by atoms with Gasteiger partial charge in [-0.05, 0) is 64.0 Å². The summed E-state index contributed by atoms with van der Waals surface area (Å²) in [6, 6.07) is 45.1. The van der Waals surface area contributed by atoms with Gasteiger partial charge in [-0.25, -0.2) is 0 Å². The van der Waals surface area contributed by atoms with Gasteiger partial charge in [-0.1, -0.05) is 97.1 Å². The van der Waals surface area contributed by atoms with E-state index in [4.69, 9.17) is 4.42 Å². The van der Waals surface area contributed by atoms with Gasteiger partial charge in [0.05, 0.1) is 11.6 Å². The smallest absolute Gasteiger partial charge is 0.144 e. The van der Waals surface area contributed by atoms with Crippen molar-refractivity contribution in [3.63, 3.8) is 0 Å². The van der Waals surface area contributed by atoms with E-state index < -0.39 is 0 Å². The number of para-hydroxylation sites is 1. The van der Waals surface area contributed by atoms with Crippen molar-refractivity contribution < 1.29 is 4.42 Å². The van der Waals surface area contributed by atoms with Crippen LogP contribution in [0.15, 0.2) is 126 Å². The van der Waals surface area contributed by atoms with Crippen molar-refractivity contribution in [2.75, 3.05) is 0 Å². The lowest BCUT2D eigenvalue weighted by Gasteiger charge is -2.20. The highest BCUT2D eigenvalue weighted by atomic mass is 32.1. The molecule has 0 bridgehead atoms. The van der Waals surface area contributed by atoms with E-state index >= 15 is 0 Å². The first-order valence-corrected chi connectivity index (χ1v) is 15.2. The van der Waals surface area contributed by atoms with Crippen LogP contribution in [0.5, 0.6) is 0 Å². The number of thiophene rings is 1. The molecule has 9 rings (SSSR count). The number of hydrogen-bond acceptors (Lipinski definition) is 3. The molecular weight excluding hydrogens is 543 g/mol. The van der Waals surface area contributed by atoms with Crippen molar-refractivity contribution in [1.82, 2.24) is 0 Å². The van der Waals surface area contributed by atoms with Gasteiger partial charge < -0.3 is 4.42 Å². The van der Waals surface area contributed by atoms with Crippen molar-refractivity contribution in [3.05, 3.63) is 132 Å². The normalized spacial score (nSPS) is 11.8. The Kier molecular flexibility index (Phi) is 5.08. The van der Waals surface area contributed by atoms with E-state index in [-0.39, 0.29) is 0 Å². The Bertz CT molecular complexity index is 2560. The van der Waals surface area contributed by atoms with E-state index in [0.717, 1.165) is 65.7 Å². The molecule has 0 N–H and O–H groups in total. The van der Waals surface area contributed by atoms with Crippen LogP contribution < -0.4 is 0 Å². The van der Waals surface area contributed by atoms with Crippen LogP contribution in [0.4, 0.5) is 0 Å². The van der Waals surface area contributed by atoms with Gasteiger partial charge in [0.2, 0.25) is 0 Å². The second-order valence-electron chi connectivity index (χ2n) is 11.2. The molecule has 0 aliphatic carbocycles. The van der Waals surface area contributed by atoms with E-state index in [1.54, 1.807) is 0 Å². The number of hydrogen-bond donors (Lipinski definition) is 0. The van der Waals surface area contributed by atoms with Crippen molar-refractivity contribution in [2.24, 2.45) is 0 Å². The summed E-state index contributed by atoms with van der Waals surface area (Å²) >= 11 is 1.81. The first kappa shape index (κ1) is 24.2. The van der Waals surface area contributed by atoms with Crippen LogP contribution in [0.25, 0.3) is 85.9 Å². The Morgan fingerprint density at radius 1 is 0.581 bits per heavy atom. The molecule has 9 aromatic rings. The first-order valence-electron chi connectivity index (χ1n) is 14.4. The second-order valence-corrected chi connectivity index (χ2v) is 12.2. The predicted molar refractivity (Wildman–Crippen MR) is 182 cm³/mol. The molecule has 0 aliphatic rings. The minimum absolute atomic E-state index is 0.673. The molecule has 7 aromatic carbocycles. The van der Waals surface area contributed by atoms with Crippen molar-refractivity contribution >= 4 is 75.0 Å². The fourth-order valence-electron chi connectivity index (χ4n) is 6.99. The summed E-state index contributed by atoms with van der Waals surface area (Å²) in [4.78, 5) is 0. The molecule has 3 heteroatoms. The third kappa shape index (κ3) is 3.33. The molecule has 0 radical (unpaired) electrons. The SMILES string of the molecule is Cc1ccccc1-c1c2ccccc2c(-c2c3oc4ccccc4c3cc3c2sc2ccccc23)c2cccc(C#N)c12. The summed E-state index contributed by atoms with van der Waals surface area (Å²) < 4.78 is 9.22. The average molecular weight is 566 g/mol. The lowest BCUT2D eigenvalue weighted by atomic mass is 9.83. The Hall–Kier alpha value is -5.43. The lowest BCUT2D eigenvalue weighted by Crippen LogP contribution is -1.94. The lowest BCUT2D eigenvalue weighted by molar-refractivity contribution is 0.670. The van der Waals surface area contributed by atoms with E-state index in [0.29, 0.717) is 5.56 Å². The van der Waals surface area contributed by atoms with Crippen LogP contribution in [0.2, 0.25) is 0 Å². The minimum atomic E-state index is 0.673. The summed E-state index contributed by atoms with van der Waals surface area (Å²) in [5, 5.41) is 19.5. The molecule has 0 amide bonds. The monoisotopic (exact) mass is 565 g/mol. The Labute approximate surface area is 251 Å². The Balaban J connectivity index is 1.59. The molecule has 0 atom stereocenters. The van der Waals surface area contributed by atoms with Crippen LogP contribution in [0.1, 0.15) is 11.1 Å². The maximum absolute atomic E-state index is 10.5. The molecule has 0 spiro atoms. The van der Waals surface area contributed by atoms with E-state index in [2.05, 4.69) is 116 Å². The highest BCUT2D eigenvalue weighted by molar-refractivity contribution is 7.26. The molecule has 43 heavy (non-hydrogen) atoms. The maximum Gasteiger partial charge on any atom is 0.144 e. The van der Waals surface area contributed by atoms with Gasteiger partial charge in [0.1, 0.15) is 11.2 Å². The van der Waals surface area contributed by atoms with E-state index in [1.165, 1.54) is 25.7 Å². The highest BCUT2D eigenvalue weighted by Crippen LogP contribution is 2.52. The minimum Gasteiger partial charge on any atom is -0.455 e. The average Bonchev–Trinajstić information content (AvgIpc) is 3.61. The summed E-state index contributed by atoms with van der Waals surface area (Å²) in [7, 11) is 0. The number of rotatable bonds is 2. The Morgan fingerprint density at radius 3 is 2.07 bits per heavy atom. The van der Waals surface area contributed by atoms with Gasteiger partial charge in [-0.3, -0.25) is 0 Å². The quantitative estimate of drug-likeness (QED) is 0.196. The van der Waals surface area contributed by atoms with Gasteiger partial charge in [0, 0.05) is 47.5 Å². The summed E-state index contributed by atoms with van der Waals surface area (Å²) in [5.41, 5.74) is 8.08. The molecule has 2 nitrogen and oxygen atoms in total. The number of fused-ring (bicyclic) bond motifs is 8. The summed E-state index contributed by atoms with van der Waals surface area (Å²) in [6.45, 7) is 2.15. The highest BCUT2D eigenvalue weighted by Gasteiger charge is 2.25. The largest absolute Gasteiger partial charge is 0.455 e. The molecular formula is C40H23NOS. The van der Waals surface area contributed by atoms with Crippen LogP contribution in [0.3, 0.4) is 0 Å². The molecule has 0 unspecified atom stereocenters. The van der Waals surface area contributed by atoms with Gasteiger partial charge in [-0.15, -0.1) is 11.3 Å². The van der Waals surface area contributed by atoms with E-state index in [1.807, 2.05) is 29.5 Å². The van der Waals surface area contributed by atoms with Gasteiger partial charge in [0.25, 0.3) is 0 Å². The van der Waals surface area contributed by atoms with E-state index in [9.17, 15) is 5.26 Å². The predicted octanol–water partition coefficient (Wildman–Crippen LogP) is 11.8. The van der Waals surface area contributed by atoms with Crippen molar-refractivity contribution in [2.45, 2.75) is 6.92 Å². The van der Waals surface area contributed by atoms with Crippen molar-refractivity contribution in [1.29, 1.82) is 5.26 Å². The van der Waals surface area contributed by atoms with Crippen LogP contribution in [-0.4, -0.2) is 0 Å². The molecule has 0 fully saturated rings. The van der Waals surface area contributed by atoms with Gasteiger partial charge in [-0.2, -0.15) is 5.26 Å². The number of nitrogens with zero attached hydrogens (tertiary/aromatic N) is 1. The fraction of sp³-hybridized carbons (Fsp3) is 0.0250. The van der Waals surface area contributed by atoms with Gasteiger partial charge >= 0.3 is 0 Å². The molecule has 2 aromatic heterocycles. The van der Waals surface area contributed by atoms with Crippen LogP contribution in [0, 0.1) is 18.3 Å². The fourth-order valence-corrected chi connectivity index (χ4v) is 8.22. The van der Waals surface area contributed by atoms with Crippen LogP contribution in [-0.2, 0) is 0 Å².